The highest BCUT2D eigenvalue weighted by Gasteiger charge is 2.21. The fourth-order valence-corrected chi connectivity index (χ4v) is 3.45. The van der Waals surface area contributed by atoms with Crippen molar-refractivity contribution < 1.29 is 13.9 Å². The molecule has 1 aliphatic heterocycles. The number of rotatable bonds is 8. The van der Waals surface area contributed by atoms with E-state index in [1.807, 2.05) is 18.2 Å². The van der Waals surface area contributed by atoms with E-state index < -0.39 is 0 Å². The number of carbonyl (C=O) groups excluding carboxylic acids is 1. The Labute approximate surface area is 160 Å². The number of hydrogen-bond donors (Lipinski definition) is 0. The van der Waals surface area contributed by atoms with Crippen LogP contribution in [0.1, 0.15) is 28.4 Å². The molecular formula is C22H27FN2O2. The van der Waals surface area contributed by atoms with Crippen LogP contribution in [-0.2, 0) is 4.74 Å². The Balaban J connectivity index is 1.42. The lowest BCUT2D eigenvalue weighted by atomic mass is 10.1. The summed E-state index contributed by atoms with van der Waals surface area (Å²) in [6.07, 6.45) is 0.550. The van der Waals surface area contributed by atoms with Crippen molar-refractivity contribution in [1.82, 2.24) is 9.80 Å². The van der Waals surface area contributed by atoms with E-state index in [2.05, 4.69) is 21.9 Å². The second-order valence-electron chi connectivity index (χ2n) is 6.96. The molecule has 0 saturated carbocycles. The third-order valence-corrected chi connectivity index (χ3v) is 5.17. The molecule has 144 valence electrons. The van der Waals surface area contributed by atoms with E-state index in [1.165, 1.54) is 17.7 Å². The highest BCUT2D eigenvalue weighted by atomic mass is 19.1. The van der Waals surface area contributed by atoms with Gasteiger partial charge in [-0.25, -0.2) is 4.39 Å². The number of benzene rings is 2. The van der Waals surface area contributed by atoms with Gasteiger partial charge in [-0.15, -0.1) is 0 Å². The molecule has 1 unspecified atom stereocenters. The van der Waals surface area contributed by atoms with E-state index in [0.717, 1.165) is 39.3 Å². The third-order valence-electron chi connectivity index (χ3n) is 5.17. The summed E-state index contributed by atoms with van der Waals surface area (Å²) in [4.78, 5) is 17.0. The molecule has 1 heterocycles. The number of ketones is 1. The number of carbonyl (C=O) groups is 1. The average molecular weight is 370 g/mol. The Bertz CT molecular complexity index is 713. The first-order valence-electron chi connectivity index (χ1n) is 9.47. The quantitative estimate of drug-likeness (QED) is 0.667. The number of methoxy groups -OCH3 is 1. The Morgan fingerprint density at radius 1 is 1.00 bits per heavy atom. The van der Waals surface area contributed by atoms with Crippen molar-refractivity contribution in [2.45, 2.75) is 12.5 Å². The normalized spacial score (nSPS) is 17.0. The van der Waals surface area contributed by atoms with Gasteiger partial charge >= 0.3 is 0 Å². The van der Waals surface area contributed by atoms with Gasteiger partial charge in [-0.1, -0.05) is 30.3 Å². The van der Waals surface area contributed by atoms with Crippen LogP contribution in [-0.4, -0.2) is 62.0 Å². The number of halogens is 1. The zero-order chi connectivity index (χ0) is 19.1. The molecule has 0 amide bonds. The molecule has 3 rings (SSSR count). The van der Waals surface area contributed by atoms with Gasteiger partial charge in [0.2, 0.25) is 0 Å². The lowest BCUT2D eigenvalue weighted by Gasteiger charge is -2.36. The monoisotopic (exact) mass is 370 g/mol. The summed E-state index contributed by atoms with van der Waals surface area (Å²) in [7, 11) is 1.76. The van der Waals surface area contributed by atoms with Crippen molar-refractivity contribution in [3.05, 3.63) is 71.5 Å². The predicted octanol–water partition coefficient (Wildman–Crippen LogP) is 3.40. The van der Waals surface area contributed by atoms with Gasteiger partial charge < -0.3 is 9.64 Å². The summed E-state index contributed by atoms with van der Waals surface area (Å²) in [6.45, 7) is 5.46. The fraction of sp³-hybridized carbons (Fsp3) is 0.409. The van der Waals surface area contributed by atoms with Gasteiger partial charge in [0.1, 0.15) is 5.82 Å². The van der Waals surface area contributed by atoms with Crippen LogP contribution in [0.2, 0.25) is 0 Å². The van der Waals surface area contributed by atoms with E-state index >= 15 is 0 Å². The Morgan fingerprint density at radius 3 is 2.26 bits per heavy atom. The highest BCUT2D eigenvalue weighted by Crippen LogP contribution is 2.18. The largest absolute Gasteiger partial charge is 0.375 e. The molecule has 4 nitrogen and oxygen atoms in total. The van der Waals surface area contributed by atoms with E-state index in [1.54, 1.807) is 19.2 Å². The second kappa shape index (κ2) is 9.74. The second-order valence-corrected chi connectivity index (χ2v) is 6.96. The van der Waals surface area contributed by atoms with Crippen LogP contribution in [0.15, 0.2) is 54.6 Å². The summed E-state index contributed by atoms with van der Waals surface area (Å²) in [5.74, 6) is -0.242. The van der Waals surface area contributed by atoms with Crippen LogP contribution in [0.5, 0.6) is 0 Å². The van der Waals surface area contributed by atoms with Crippen molar-refractivity contribution in [2.24, 2.45) is 0 Å². The fourth-order valence-electron chi connectivity index (χ4n) is 3.45. The average Bonchev–Trinajstić information content (AvgIpc) is 2.72. The molecule has 1 aliphatic rings. The molecule has 0 bridgehead atoms. The first-order valence-corrected chi connectivity index (χ1v) is 9.47. The topological polar surface area (TPSA) is 32.8 Å². The highest BCUT2D eigenvalue weighted by molar-refractivity contribution is 5.96. The van der Waals surface area contributed by atoms with Gasteiger partial charge in [0, 0.05) is 58.4 Å². The van der Waals surface area contributed by atoms with Gasteiger partial charge in [0.25, 0.3) is 0 Å². The molecule has 0 N–H and O–H groups in total. The Morgan fingerprint density at radius 2 is 1.63 bits per heavy atom. The third kappa shape index (κ3) is 5.70. The molecule has 0 aliphatic carbocycles. The number of piperazine rings is 1. The van der Waals surface area contributed by atoms with Crippen LogP contribution >= 0.6 is 0 Å². The summed E-state index contributed by atoms with van der Waals surface area (Å²) < 4.78 is 18.6. The molecule has 2 aromatic rings. The van der Waals surface area contributed by atoms with Gasteiger partial charge in [0.05, 0.1) is 6.10 Å². The minimum Gasteiger partial charge on any atom is -0.375 e. The summed E-state index contributed by atoms with van der Waals surface area (Å²) in [5.41, 5.74) is 1.79. The minimum absolute atomic E-state index is 0.0703. The molecular weight excluding hydrogens is 343 g/mol. The first kappa shape index (κ1) is 19.7. The lowest BCUT2D eigenvalue weighted by Crippen LogP contribution is -2.48. The van der Waals surface area contributed by atoms with Crippen molar-refractivity contribution in [3.63, 3.8) is 0 Å². The van der Waals surface area contributed by atoms with Crippen LogP contribution in [0.3, 0.4) is 0 Å². The summed E-state index contributed by atoms with van der Waals surface area (Å²) in [6, 6.07) is 16.1. The van der Waals surface area contributed by atoms with Crippen LogP contribution in [0.4, 0.5) is 4.39 Å². The van der Waals surface area contributed by atoms with E-state index in [4.69, 9.17) is 4.74 Å². The number of hydrogen-bond acceptors (Lipinski definition) is 4. The van der Waals surface area contributed by atoms with Crippen LogP contribution < -0.4 is 0 Å². The first-order chi connectivity index (χ1) is 13.2. The molecule has 5 heteroatoms. The van der Waals surface area contributed by atoms with Crippen molar-refractivity contribution >= 4 is 5.78 Å². The molecule has 0 aromatic heterocycles. The van der Waals surface area contributed by atoms with Gasteiger partial charge in [-0.3, -0.25) is 9.69 Å². The maximum absolute atomic E-state index is 13.0. The van der Waals surface area contributed by atoms with Crippen LogP contribution in [0, 0.1) is 5.82 Å². The van der Waals surface area contributed by atoms with Gasteiger partial charge in [-0.2, -0.15) is 0 Å². The Kier molecular flexibility index (Phi) is 7.10. The molecule has 1 fully saturated rings. The van der Waals surface area contributed by atoms with E-state index in [-0.39, 0.29) is 17.7 Å². The smallest absolute Gasteiger partial charge is 0.164 e. The lowest BCUT2D eigenvalue weighted by molar-refractivity contribution is 0.0416. The van der Waals surface area contributed by atoms with E-state index in [0.29, 0.717) is 12.0 Å². The van der Waals surface area contributed by atoms with Crippen molar-refractivity contribution in [1.29, 1.82) is 0 Å². The maximum atomic E-state index is 13.0. The zero-order valence-corrected chi connectivity index (χ0v) is 15.8. The SMILES string of the molecule is COC(CN1CCN(CCC(=O)c2ccc(F)cc2)CC1)c1ccccc1. The van der Waals surface area contributed by atoms with Crippen molar-refractivity contribution in [3.8, 4) is 0 Å². The number of Topliss-reactive ketones (excluding diaryl/α,β-unsaturated/α-hetero) is 1. The number of ether oxygens (including phenoxy) is 1. The zero-order valence-electron chi connectivity index (χ0n) is 15.8. The minimum atomic E-state index is -0.312. The molecule has 1 saturated heterocycles. The predicted molar refractivity (Wildman–Crippen MR) is 104 cm³/mol. The van der Waals surface area contributed by atoms with Crippen molar-refractivity contribution in [2.75, 3.05) is 46.4 Å². The molecule has 2 aromatic carbocycles. The van der Waals surface area contributed by atoms with E-state index in [9.17, 15) is 9.18 Å². The Hall–Kier alpha value is -2.08. The molecule has 0 spiro atoms. The summed E-state index contributed by atoms with van der Waals surface area (Å²) in [5, 5.41) is 0. The molecule has 1 atom stereocenters. The summed E-state index contributed by atoms with van der Waals surface area (Å²) >= 11 is 0. The van der Waals surface area contributed by atoms with Gasteiger partial charge in [-0.05, 0) is 29.8 Å². The molecule has 27 heavy (non-hydrogen) atoms. The van der Waals surface area contributed by atoms with Crippen LogP contribution in [0.25, 0.3) is 0 Å². The van der Waals surface area contributed by atoms with Gasteiger partial charge in [0.15, 0.2) is 5.78 Å². The standard InChI is InChI=1S/C22H27FN2O2/c1-27-22(19-5-3-2-4-6-19)17-25-15-13-24(14-16-25)12-11-21(26)18-7-9-20(23)10-8-18/h2-10,22H,11-17H2,1H3. The molecule has 0 radical (unpaired) electrons. The maximum Gasteiger partial charge on any atom is 0.164 e. The number of nitrogens with zero attached hydrogens (tertiary/aromatic N) is 2.